The standard InChI is InChI=1S/C24H25N7O3/c1-3-22-26-23(29-34-22)16-8-9-21(25-15-16)30-10-12-31(13-11-30)24(32)19-14-18(27-28-19)17-6-4-5-7-20(17)33-2/h4-9,14-15H,3,10-13H2,1-2H3,(H,27,28). The third kappa shape index (κ3) is 4.21. The minimum atomic E-state index is -0.0690. The number of pyridine rings is 1. The van der Waals surface area contributed by atoms with E-state index in [-0.39, 0.29) is 5.91 Å². The van der Waals surface area contributed by atoms with E-state index in [0.29, 0.717) is 61.5 Å². The summed E-state index contributed by atoms with van der Waals surface area (Å²) in [6.07, 6.45) is 2.45. The summed E-state index contributed by atoms with van der Waals surface area (Å²) < 4.78 is 10.6. The number of piperazine rings is 1. The zero-order chi connectivity index (χ0) is 23.5. The molecule has 1 amide bonds. The molecule has 3 aromatic heterocycles. The summed E-state index contributed by atoms with van der Waals surface area (Å²) in [6.45, 7) is 4.53. The summed E-state index contributed by atoms with van der Waals surface area (Å²) in [5, 5.41) is 11.2. The Kier molecular flexibility index (Phi) is 5.94. The maximum Gasteiger partial charge on any atom is 0.272 e. The number of H-pyrrole nitrogens is 1. The number of ether oxygens (including phenoxy) is 1. The van der Waals surface area contributed by atoms with Crippen molar-refractivity contribution in [1.82, 2.24) is 30.2 Å². The minimum Gasteiger partial charge on any atom is -0.496 e. The van der Waals surface area contributed by atoms with E-state index in [1.165, 1.54) is 0 Å². The molecule has 1 aliphatic rings. The van der Waals surface area contributed by atoms with E-state index in [4.69, 9.17) is 9.26 Å². The molecule has 0 bridgehead atoms. The van der Waals surface area contributed by atoms with Crippen LogP contribution in [-0.2, 0) is 6.42 Å². The number of nitrogens with one attached hydrogen (secondary N) is 1. The number of methoxy groups -OCH3 is 1. The third-order valence-corrected chi connectivity index (χ3v) is 5.86. The molecule has 1 fully saturated rings. The van der Waals surface area contributed by atoms with E-state index in [9.17, 15) is 4.79 Å². The second kappa shape index (κ2) is 9.34. The second-order valence-corrected chi connectivity index (χ2v) is 7.92. The Morgan fingerprint density at radius 2 is 1.97 bits per heavy atom. The van der Waals surface area contributed by atoms with Crippen molar-refractivity contribution >= 4 is 11.7 Å². The molecule has 0 unspecified atom stereocenters. The van der Waals surface area contributed by atoms with Crippen molar-refractivity contribution < 1.29 is 14.1 Å². The van der Waals surface area contributed by atoms with Gasteiger partial charge in [0, 0.05) is 49.9 Å². The van der Waals surface area contributed by atoms with Crippen LogP contribution in [-0.4, -0.2) is 69.4 Å². The van der Waals surface area contributed by atoms with Crippen molar-refractivity contribution in [3.63, 3.8) is 0 Å². The first kappa shape index (κ1) is 21.6. The van der Waals surface area contributed by atoms with Crippen LogP contribution in [0.5, 0.6) is 5.75 Å². The summed E-state index contributed by atoms with van der Waals surface area (Å²) in [6, 6.07) is 13.3. The molecule has 0 spiro atoms. The number of nitrogens with zero attached hydrogens (tertiary/aromatic N) is 6. The van der Waals surface area contributed by atoms with E-state index in [1.54, 1.807) is 19.4 Å². The normalized spacial score (nSPS) is 13.8. The van der Waals surface area contributed by atoms with Gasteiger partial charge in [-0.05, 0) is 30.3 Å². The van der Waals surface area contributed by atoms with Crippen LogP contribution in [0.4, 0.5) is 5.82 Å². The van der Waals surface area contributed by atoms with Crippen LogP contribution in [0.15, 0.2) is 53.2 Å². The van der Waals surface area contributed by atoms with Gasteiger partial charge in [0.25, 0.3) is 5.91 Å². The molecule has 5 rings (SSSR count). The van der Waals surface area contributed by atoms with Crippen LogP contribution in [0.1, 0.15) is 23.3 Å². The average molecular weight is 460 g/mol. The number of aryl methyl sites for hydroxylation is 1. The fraction of sp³-hybridized carbons (Fsp3) is 0.292. The van der Waals surface area contributed by atoms with Crippen molar-refractivity contribution in [3.8, 4) is 28.4 Å². The molecule has 1 N–H and O–H groups in total. The van der Waals surface area contributed by atoms with Crippen molar-refractivity contribution in [1.29, 1.82) is 0 Å². The predicted octanol–water partition coefficient (Wildman–Crippen LogP) is 3.06. The number of benzene rings is 1. The van der Waals surface area contributed by atoms with Gasteiger partial charge in [-0.2, -0.15) is 10.1 Å². The molecule has 0 atom stereocenters. The molecule has 10 nitrogen and oxygen atoms in total. The van der Waals surface area contributed by atoms with Crippen molar-refractivity contribution in [2.45, 2.75) is 13.3 Å². The van der Waals surface area contributed by atoms with E-state index in [0.717, 1.165) is 16.9 Å². The van der Waals surface area contributed by atoms with Crippen LogP contribution in [0.25, 0.3) is 22.6 Å². The highest BCUT2D eigenvalue weighted by Crippen LogP contribution is 2.28. The smallest absolute Gasteiger partial charge is 0.272 e. The lowest BCUT2D eigenvalue weighted by Crippen LogP contribution is -2.49. The zero-order valence-corrected chi connectivity index (χ0v) is 19.1. The largest absolute Gasteiger partial charge is 0.496 e. The molecule has 1 saturated heterocycles. The Morgan fingerprint density at radius 1 is 1.15 bits per heavy atom. The summed E-state index contributed by atoms with van der Waals surface area (Å²) in [5.74, 6) is 2.64. The summed E-state index contributed by atoms with van der Waals surface area (Å²) in [7, 11) is 1.62. The van der Waals surface area contributed by atoms with E-state index in [1.807, 2.05) is 48.2 Å². The first-order chi connectivity index (χ1) is 16.7. The quantitative estimate of drug-likeness (QED) is 0.468. The SMILES string of the molecule is CCc1nc(-c2ccc(N3CCN(C(=O)c4cc(-c5ccccc5OC)n[nH]4)CC3)nc2)no1. The lowest BCUT2D eigenvalue weighted by atomic mass is 10.1. The van der Waals surface area contributed by atoms with Crippen molar-refractivity contribution in [3.05, 3.63) is 60.2 Å². The monoisotopic (exact) mass is 459 g/mol. The number of rotatable bonds is 6. The van der Waals surface area contributed by atoms with Crippen LogP contribution < -0.4 is 9.64 Å². The third-order valence-electron chi connectivity index (χ3n) is 5.86. The summed E-state index contributed by atoms with van der Waals surface area (Å²) in [5.41, 5.74) is 2.79. The van der Waals surface area contributed by atoms with Crippen LogP contribution in [0.3, 0.4) is 0 Å². The van der Waals surface area contributed by atoms with Crippen LogP contribution in [0, 0.1) is 0 Å². The first-order valence-electron chi connectivity index (χ1n) is 11.2. The fourth-order valence-electron chi connectivity index (χ4n) is 3.96. The van der Waals surface area contributed by atoms with Gasteiger partial charge in [-0.15, -0.1) is 0 Å². The molecule has 4 heterocycles. The molecule has 10 heteroatoms. The highest BCUT2D eigenvalue weighted by molar-refractivity contribution is 5.93. The van der Waals surface area contributed by atoms with Crippen molar-refractivity contribution in [2.24, 2.45) is 0 Å². The van der Waals surface area contributed by atoms with Crippen molar-refractivity contribution in [2.75, 3.05) is 38.2 Å². The molecule has 0 saturated carbocycles. The lowest BCUT2D eigenvalue weighted by molar-refractivity contribution is 0.0740. The fourth-order valence-corrected chi connectivity index (χ4v) is 3.96. The number of aromatic amines is 1. The van der Waals surface area contributed by atoms with E-state index >= 15 is 0 Å². The van der Waals surface area contributed by atoms with Gasteiger partial charge < -0.3 is 19.1 Å². The zero-order valence-electron chi connectivity index (χ0n) is 19.1. The van der Waals surface area contributed by atoms with Crippen LogP contribution in [0.2, 0.25) is 0 Å². The molecule has 174 valence electrons. The predicted molar refractivity (Wildman–Crippen MR) is 126 cm³/mol. The van der Waals surface area contributed by atoms with Gasteiger partial charge in [-0.1, -0.05) is 24.2 Å². The average Bonchev–Trinajstić information content (AvgIpc) is 3.59. The second-order valence-electron chi connectivity index (χ2n) is 7.92. The molecule has 34 heavy (non-hydrogen) atoms. The summed E-state index contributed by atoms with van der Waals surface area (Å²) >= 11 is 0. The molecule has 4 aromatic rings. The number of amides is 1. The first-order valence-corrected chi connectivity index (χ1v) is 11.2. The Bertz CT molecular complexity index is 1270. The Hall–Kier alpha value is -4.21. The van der Waals surface area contributed by atoms with Gasteiger partial charge in [-0.3, -0.25) is 9.89 Å². The Labute approximate surface area is 196 Å². The Balaban J connectivity index is 1.21. The number of aromatic nitrogens is 5. The van der Waals surface area contributed by atoms with E-state index < -0.39 is 0 Å². The van der Waals surface area contributed by atoms with Gasteiger partial charge in [0.15, 0.2) is 0 Å². The van der Waals surface area contributed by atoms with Gasteiger partial charge in [-0.25, -0.2) is 4.98 Å². The van der Waals surface area contributed by atoms with Gasteiger partial charge in [0.2, 0.25) is 11.7 Å². The number of para-hydroxylation sites is 1. The Morgan fingerprint density at radius 3 is 2.68 bits per heavy atom. The molecule has 0 aliphatic carbocycles. The maximum atomic E-state index is 13.0. The lowest BCUT2D eigenvalue weighted by Gasteiger charge is -2.35. The molecule has 0 radical (unpaired) electrons. The summed E-state index contributed by atoms with van der Waals surface area (Å²) in [4.78, 5) is 25.9. The number of carbonyl (C=O) groups is 1. The van der Waals surface area contributed by atoms with Gasteiger partial charge >= 0.3 is 0 Å². The number of hydrogen-bond donors (Lipinski definition) is 1. The highest BCUT2D eigenvalue weighted by Gasteiger charge is 2.25. The number of anilines is 1. The van der Waals surface area contributed by atoms with Gasteiger partial charge in [0.05, 0.1) is 12.8 Å². The number of carbonyl (C=O) groups excluding carboxylic acids is 1. The highest BCUT2D eigenvalue weighted by atomic mass is 16.5. The molecule has 1 aromatic carbocycles. The number of hydrogen-bond acceptors (Lipinski definition) is 8. The topological polar surface area (TPSA) is 113 Å². The van der Waals surface area contributed by atoms with Gasteiger partial charge in [0.1, 0.15) is 17.3 Å². The molecular formula is C24H25N7O3. The minimum absolute atomic E-state index is 0.0690. The molecule has 1 aliphatic heterocycles. The van der Waals surface area contributed by atoms with Crippen LogP contribution >= 0.6 is 0 Å². The maximum absolute atomic E-state index is 13.0. The molecular weight excluding hydrogens is 434 g/mol. The van der Waals surface area contributed by atoms with E-state index in [2.05, 4.69) is 30.2 Å².